The molecule has 0 aromatic heterocycles. The van der Waals surface area contributed by atoms with Crippen LogP contribution >= 0.6 is 11.6 Å². The number of carbonyl (C=O) groups is 2. The predicted molar refractivity (Wildman–Crippen MR) is 77.2 cm³/mol. The number of hydrogen-bond donors (Lipinski definition) is 0. The molecule has 0 aliphatic carbocycles. The molecule has 0 aromatic rings. The van der Waals surface area contributed by atoms with Gasteiger partial charge in [-0.1, -0.05) is 13.8 Å². The number of halogens is 1. The van der Waals surface area contributed by atoms with Crippen molar-refractivity contribution < 1.29 is 9.59 Å². The van der Waals surface area contributed by atoms with Gasteiger partial charge in [-0.3, -0.25) is 9.59 Å². The first-order valence-electron chi connectivity index (χ1n) is 7.16. The van der Waals surface area contributed by atoms with E-state index in [0.717, 1.165) is 12.8 Å². The van der Waals surface area contributed by atoms with Crippen LogP contribution in [0.4, 0.5) is 0 Å². The highest BCUT2D eigenvalue weighted by molar-refractivity contribution is 6.17. The molecule has 0 radical (unpaired) electrons. The first kappa shape index (κ1) is 16.3. The van der Waals surface area contributed by atoms with E-state index in [1.54, 1.807) is 0 Å². The maximum atomic E-state index is 11.9. The lowest BCUT2D eigenvalue weighted by molar-refractivity contribution is -0.140. The van der Waals surface area contributed by atoms with Gasteiger partial charge in [0, 0.05) is 44.9 Å². The van der Waals surface area contributed by atoms with Crippen LogP contribution in [-0.2, 0) is 9.59 Å². The standard InChI is InChI=1S/C14H25ClN2O2/c1-12(2)11-14(19)17-9-7-16(8-10-17)13(18)5-3-4-6-15/h12H,3-11H2,1-2H3. The summed E-state index contributed by atoms with van der Waals surface area (Å²) in [5, 5.41) is 0. The summed E-state index contributed by atoms with van der Waals surface area (Å²) in [4.78, 5) is 27.6. The Hall–Kier alpha value is -0.770. The van der Waals surface area contributed by atoms with Gasteiger partial charge in [0.1, 0.15) is 0 Å². The lowest BCUT2D eigenvalue weighted by Gasteiger charge is -2.35. The maximum Gasteiger partial charge on any atom is 0.222 e. The summed E-state index contributed by atoms with van der Waals surface area (Å²) < 4.78 is 0. The maximum absolute atomic E-state index is 11.9. The van der Waals surface area contributed by atoms with Crippen molar-refractivity contribution in [2.75, 3.05) is 32.1 Å². The Balaban J connectivity index is 2.28. The van der Waals surface area contributed by atoms with Crippen LogP contribution in [0.1, 0.15) is 39.5 Å². The van der Waals surface area contributed by atoms with E-state index in [1.807, 2.05) is 9.80 Å². The molecule has 0 spiro atoms. The van der Waals surface area contributed by atoms with Gasteiger partial charge in [-0.2, -0.15) is 0 Å². The summed E-state index contributed by atoms with van der Waals surface area (Å²) in [6.07, 6.45) is 2.92. The van der Waals surface area contributed by atoms with E-state index in [1.165, 1.54) is 0 Å². The third-order valence-electron chi connectivity index (χ3n) is 3.34. The lowest BCUT2D eigenvalue weighted by atomic mass is 10.1. The van der Waals surface area contributed by atoms with Gasteiger partial charge >= 0.3 is 0 Å². The van der Waals surface area contributed by atoms with Gasteiger partial charge < -0.3 is 9.80 Å². The number of alkyl halides is 1. The van der Waals surface area contributed by atoms with Crippen LogP contribution in [0, 0.1) is 5.92 Å². The summed E-state index contributed by atoms with van der Waals surface area (Å²) in [5.41, 5.74) is 0. The molecule has 1 heterocycles. The van der Waals surface area contributed by atoms with Crippen molar-refractivity contribution in [2.24, 2.45) is 5.92 Å². The second-order valence-corrected chi connectivity index (χ2v) is 5.88. The highest BCUT2D eigenvalue weighted by atomic mass is 35.5. The van der Waals surface area contributed by atoms with Crippen molar-refractivity contribution >= 4 is 23.4 Å². The molecule has 4 nitrogen and oxygen atoms in total. The molecule has 1 rings (SSSR count). The van der Waals surface area contributed by atoms with E-state index in [9.17, 15) is 9.59 Å². The minimum absolute atomic E-state index is 0.195. The molecule has 1 aliphatic heterocycles. The molecule has 1 aliphatic rings. The van der Waals surface area contributed by atoms with Crippen LogP contribution in [0.5, 0.6) is 0 Å². The number of piperazine rings is 1. The molecule has 1 saturated heterocycles. The number of hydrogen-bond acceptors (Lipinski definition) is 2. The van der Waals surface area contributed by atoms with Crippen LogP contribution < -0.4 is 0 Å². The van der Waals surface area contributed by atoms with Crippen molar-refractivity contribution in [3.8, 4) is 0 Å². The zero-order chi connectivity index (χ0) is 14.3. The van der Waals surface area contributed by atoms with E-state index in [0.29, 0.717) is 50.8 Å². The first-order valence-corrected chi connectivity index (χ1v) is 7.69. The van der Waals surface area contributed by atoms with Gasteiger partial charge in [-0.15, -0.1) is 11.6 Å². The molecular weight excluding hydrogens is 264 g/mol. The van der Waals surface area contributed by atoms with Gasteiger partial charge in [-0.25, -0.2) is 0 Å². The molecule has 0 saturated carbocycles. The lowest BCUT2D eigenvalue weighted by Crippen LogP contribution is -2.50. The van der Waals surface area contributed by atoms with Crippen LogP contribution in [-0.4, -0.2) is 53.7 Å². The number of unbranched alkanes of at least 4 members (excludes halogenated alkanes) is 1. The quantitative estimate of drug-likeness (QED) is 0.555. The second kappa shape index (κ2) is 8.41. The number of rotatable bonds is 6. The van der Waals surface area contributed by atoms with Gasteiger partial charge in [0.15, 0.2) is 0 Å². The predicted octanol–water partition coefficient (Wildman–Crippen LogP) is 2.11. The average molecular weight is 289 g/mol. The molecule has 0 unspecified atom stereocenters. The molecule has 2 amide bonds. The minimum atomic E-state index is 0.195. The van der Waals surface area contributed by atoms with Crippen molar-refractivity contribution in [2.45, 2.75) is 39.5 Å². The van der Waals surface area contributed by atoms with Crippen molar-refractivity contribution in [1.29, 1.82) is 0 Å². The summed E-state index contributed by atoms with van der Waals surface area (Å²) in [6, 6.07) is 0. The number of amides is 2. The zero-order valence-electron chi connectivity index (χ0n) is 12.0. The average Bonchev–Trinajstić information content (AvgIpc) is 2.38. The van der Waals surface area contributed by atoms with Gasteiger partial charge in [0.25, 0.3) is 0 Å². The van der Waals surface area contributed by atoms with Gasteiger partial charge in [0.05, 0.1) is 0 Å². The molecule has 0 aromatic carbocycles. The Morgan fingerprint density at radius 2 is 1.53 bits per heavy atom. The Morgan fingerprint density at radius 3 is 2.00 bits per heavy atom. The fourth-order valence-corrected chi connectivity index (χ4v) is 2.40. The second-order valence-electron chi connectivity index (χ2n) is 5.51. The molecule has 0 N–H and O–H groups in total. The largest absolute Gasteiger partial charge is 0.339 e. The highest BCUT2D eigenvalue weighted by Gasteiger charge is 2.23. The smallest absolute Gasteiger partial charge is 0.222 e. The normalized spacial score (nSPS) is 16.0. The third-order valence-corrected chi connectivity index (χ3v) is 3.61. The Morgan fingerprint density at radius 1 is 1.00 bits per heavy atom. The fraction of sp³-hybridized carbons (Fsp3) is 0.857. The van der Waals surface area contributed by atoms with Crippen LogP contribution in [0.15, 0.2) is 0 Å². The summed E-state index contributed by atoms with van der Waals surface area (Å²) in [7, 11) is 0. The molecule has 0 atom stereocenters. The van der Waals surface area contributed by atoms with Crippen molar-refractivity contribution in [3.63, 3.8) is 0 Å². The van der Waals surface area contributed by atoms with Gasteiger partial charge in [0.2, 0.25) is 11.8 Å². The number of nitrogens with zero attached hydrogens (tertiary/aromatic N) is 2. The first-order chi connectivity index (χ1) is 9.04. The molecule has 110 valence electrons. The van der Waals surface area contributed by atoms with E-state index in [2.05, 4.69) is 13.8 Å². The van der Waals surface area contributed by atoms with Crippen molar-refractivity contribution in [3.05, 3.63) is 0 Å². The Kier molecular flexibility index (Phi) is 7.21. The molecule has 1 fully saturated rings. The van der Waals surface area contributed by atoms with E-state index >= 15 is 0 Å². The van der Waals surface area contributed by atoms with Gasteiger partial charge in [-0.05, 0) is 18.8 Å². The fourth-order valence-electron chi connectivity index (χ4n) is 2.21. The minimum Gasteiger partial charge on any atom is -0.339 e. The topological polar surface area (TPSA) is 40.6 Å². The molecular formula is C14H25ClN2O2. The summed E-state index contributed by atoms with van der Waals surface area (Å²) >= 11 is 5.60. The monoisotopic (exact) mass is 288 g/mol. The number of carbonyl (C=O) groups excluding carboxylic acids is 2. The Labute approximate surface area is 121 Å². The van der Waals surface area contributed by atoms with Crippen molar-refractivity contribution in [1.82, 2.24) is 9.80 Å². The SMILES string of the molecule is CC(C)CC(=O)N1CCN(C(=O)CCCCCl)CC1. The van der Waals surface area contributed by atoms with Crippen LogP contribution in [0.3, 0.4) is 0 Å². The Bertz CT molecular complexity index is 300. The zero-order valence-corrected chi connectivity index (χ0v) is 12.8. The third kappa shape index (κ3) is 5.81. The summed E-state index contributed by atoms with van der Waals surface area (Å²) in [5.74, 6) is 1.41. The van der Waals surface area contributed by atoms with Crippen LogP contribution in [0.25, 0.3) is 0 Å². The molecule has 5 heteroatoms. The van der Waals surface area contributed by atoms with Crippen LogP contribution in [0.2, 0.25) is 0 Å². The van der Waals surface area contributed by atoms with E-state index in [-0.39, 0.29) is 11.8 Å². The summed E-state index contributed by atoms with van der Waals surface area (Å²) in [6.45, 7) is 6.79. The van der Waals surface area contributed by atoms with E-state index in [4.69, 9.17) is 11.6 Å². The molecule has 19 heavy (non-hydrogen) atoms. The highest BCUT2D eigenvalue weighted by Crippen LogP contribution is 2.10. The molecule has 0 bridgehead atoms. The van der Waals surface area contributed by atoms with E-state index < -0.39 is 0 Å².